The number of rotatable bonds is 4. The highest BCUT2D eigenvalue weighted by molar-refractivity contribution is 7.92. The summed E-state index contributed by atoms with van der Waals surface area (Å²) >= 11 is 0. The largest absolute Gasteiger partial charge is 0.378 e. The second-order valence-corrected chi connectivity index (χ2v) is 12.6. The van der Waals surface area contributed by atoms with E-state index in [9.17, 15) is 8.42 Å². The van der Waals surface area contributed by atoms with E-state index < -0.39 is 10.0 Å². The van der Waals surface area contributed by atoms with Gasteiger partial charge < -0.3 is 5.32 Å². The summed E-state index contributed by atoms with van der Waals surface area (Å²) in [5.74, 6) is 0.428. The molecule has 5 heteroatoms. The highest BCUT2D eigenvalue weighted by atomic mass is 32.2. The van der Waals surface area contributed by atoms with E-state index in [2.05, 4.69) is 76.8 Å². The number of allylic oxidation sites excluding steroid dienone is 2. The lowest BCUT2D eigenvalue weighted by molar-refractivity contribution is 0.428. The van der Waals surface area contributed by atoms with Crippen LogP contribution in [0.3, 0.4) is 0 Å². The van der Waals surface area contributed by atoms with Crippen molar-refractivity contribution in [2.24, 2.45) is 5.92 Å². The molecule has 0 spiro atoms. The zero-order chi connectivity index (χ0) is 26.7. The van der Waals surface area contributed by atoms with Crippen molar-refractivity contribution in [3.05, 3.63) is 125 Å². The molecule has 0 radical (unpaired) electrons. The van der Waals surface area contributed by atoms with Crippen molar-refractivity contribution in [1.82, 2.24) is 0 Å². The van der Waals surface area contributed by atoms with Gasteiger partial charge in [-0.2, -0.15) is 0 Å². The Hall–Kier alpha value is -4.09. The summed E-state index contributed by atoms with van der Waals surface area (Å²) in [5, 5.41) is 8.86. The quantitative estimate of drug-likeness (QED) is 0.182. The Morgan fingerprint density at radius 3 is 2.15 bits per heavy atom. The van der Waals surface area contributed by atoms with Gasteiger partial charge in [0.2, 0.25) is 0 Å². The summed E-state index contributed by atoms with van der Waals surface area (Å²) in [6.45, 7) is 3.94. The van der Waals surface area contributed by atoms with Crippen LogP contribution in [0.4, 0.5) is 11.4 Å². The second kappa shape index (κ2) is 8.99. The number of anilines is 2. The molecular formula is C34H30N2O2S. The molecule has 0 saturated carbocycles. The number of benzene rings is 5. The van der Waals surface area contributed by atoms with E-state index in [1.807, 2.05) is 44.2 Å². The lowest BCUT2D eigenvalue weighted by atomic mass is 9.75. The SMILES string of the molecule is Cc1cc(C)cc(NS(=O)(=O)c2ccc3c(c2)C2C=CCC2C(c2c4ccccc4cc4ccccc24)N3)c1. The molecule has 2 N–H and O–H groups in total. The third kappa shape index (κ3) is 4.09. The number of aryl methyl sites for hydroxylation is 2. The number of nitrogens with one attached hydrogen (secondary N) is 2. The Morgan fingerprint density at radius 2 is 1.46 bits per heavy atom. The first-order valence-electron chi connectivity index (χ1n) is 13.5. The molecule has 1 aliphatic heterocycles. The minimum Gasteiger partial charge on any atom is -0.378 e. The molecule has 5 aromatic rings. The average molecular weight is 531 g/mol. The predicted molar refractivity (Wildman–Crippen MR) is 161 cm³/mol. The van der Waals surface area contributed by atoms with Crippen LogP contribution in [-0.4, -0.2) is 8.42 Å². The van der Waals surface area contributed by atoms with E-state index in [0.29, 0.717) is 5.69 Å². The normalized spacial score (nSPS) is 20.0. The number of sulfonamides is 1. The Bertz CT molecular complexity index is 1830. The molecule has 0 saturated heterocycles. The van der Waals surface area contributed by atoms with Crippen LogP contribution in [0.25, 0.3) is 21.5 Å². The predicted octanol–water partition coefficient (Wildman–Crippen LogP) is 8.24. The maximum absolute atomic E-state index is 13.4. The molecule has 39 heavy (non-hydrogen) atoms. The standard InChI is InChI=1S/C34H30N2O2S/c1-21-16-22(2)18-25(17-21)36-39(37,38)26-14-15-32-31(20-26)29-12-7-13-30(29)34(35-32)33-27-10-5-3-8-23(27)19-24-9-4-6-11-28(24)33/h3-12,14-20,29-30,34-36H,13H2,1-2H3. The van der Waals surface area contributed by atoms with Crippen LogP contribution in [0.2, 0.25) is 0 Å². The third-order valence-corrected chi connectivity index (χ3v) is 9.62. The number of fused-ring (bicyclic) bond motifs is 5. The molecule has 3 unspecified atom stereocenters. The van der Waals surface area contributed by atoms with Crippen LogP contribution in [0.1, 0.15) is 40.6 Å². The van der Waals surface area contributed by atoms with E-state index >= 15 is 0 Å². The van der Waals surface area contributed by atoms with E-state index in [0.717, 1.165) is 28.8 Å². The Balaban J connectivity index is 1.32. The third-order valence-electron chi connectivity index (χ3n) is 8.24. The molecule has 7 rings (SSSR count). The maximum atomic E-state index is 13.4. The van der Waals surface area contributed by atoms with E-state index in [1.165, 1.54) is 27.1 Å². The fourth-order valence-corrected chi connectivity index (χ4v) is 7.73. The van der Waals surface area contributed by atoms with Crippen molar-refractivity contribution in [3.63, 3.8) is 0 Å². The summed E-state index contributed by atoms with van der Waals surface area (Å²) in [4.78, 5) is 0.287. The Kier molecular flexibility index (Phi) is 5.53. The van der Waals surface area contributed by atoms with E-state index in [1.54, 1.807) is 6.07 Å². The smallest absolute Gasteiger partial charge is 0.261 e. The molecule has 3 atom stereocenters. The van der Waals surface area contributed by atoms with Crippen LogP contribution in [-0.2, 0) is 10.0 Å². The number of hydrogen-bond acceptors (Lipinski definition) is 3. The zero-order valence-corrected chi connectivity index (χ0v) is 22.8. The Morgan fingerprint density at radius 1 is 0.795 bits per heavy atom. The van der Waals surface area contributed by atoms with Gasteiger partial charge in [-0.1, -0.05) is 66.7 Å². The minimum atomic E-state index is -3.73. The van der Waals surface area contributed by atoms with E-state index in [4.69, 9.17) is 0 Å². The highest BCUT2D eigenvalue weighted by Crippen LogP contribution is 2.52. The van der Waals surface area contributed by atoms with Crippen molar-refractivity contribution < 1.29 is 8.42 Å². The first-order valence-corrected chi connectivity index (χ1v) is 14.9. The lowest BCUT2D eigenvalue weighted by Crippen LogP contribution is -2.29. The maximum Gasteiger partial charge on any atom is 0.261 e. The number of hydrogen-bond donors (Lipinski definition) is 2. The Labute approximate surface area is 229 Å². The molecule has 1 aliphatic carbocycles. The van der Waals surface area contributed by atoms with Gasteiger partial charge in [-0.05, 0) is 106 Å². The first-order chi connectivity index (χ1) is 18.9. The first kappa shape index (κ1) is 24.0. The summed E-state index contributed by atoms with van der Waals surface area (Å²) in [6.07, 6.45) is 5.46. The fraction of sp³-hybridized carbons (Fsp3) is 0.176. The second-order valence-electron chi connectivity index (χ2n) is 10.9. The van der Waals surface area contributed by atoms with Gasteiger partial charge in [0, 0.05) is 17.3 Å². The van der Waals surface area contributed by atoms with Crippen molar-refractivity contribution in [2.45, 2.75) is 37.1 Å². The van der Waals surface area contributed by atoms with Gasteiger partial charge in [0.1, 0.15) is 0 Å². The monoisotopic (exact) mass is 530 g/mol. The van der Waals surface area contributed by atoms with Gasteiger partial charge in [0.05, 0.1) is 10.9 Å². The van der Waals surface area contributed by atoms with Crippen LogP contribution in [0.5, 0.6) is 0 Å². The van der Waals surface area contributed by atoms with Crippen molar-refractivity contribution in [3.8, 4) is 0 Å². The summed E-state index contributed by atoms with van der Waals surface area (Å²) < 4.78 is 29.7. The average Bonchev–Trinajstić information content (AvgIpc) is 3.41. The van der Waals surface area contributed by atoms with Gasteiger partial charge in [-0.3, -0.25) is 4.72 Å². The molecule has 0 fully saturated rings. The molecule has 0 aromatic heterocycles. The topological polar surface area (TPSA) is 58.2 Å². The molecule has 5 aromatic carbocycles. The van der Waals surface area contributed by atoms with Gasteiger partial charge in [-0.15, -0.1) is 0 Å². The van der Waals surface area contributed by atoms with Crippen LogP contribution >= 0.6 is 0 Å². The van der Waals surface area contributed by atoms with Gasteiger partial charge in [0.15, 0.2) is 0 Å². The summed E-state index contributed by atoms with van der Waals surface area (Å²) in [7, 11) is -3.73. The van der Waals surface area contributed by atoms with Crippen LogP contribution < -0.4 is 10.0 Å². The van der Waals surface area contributed by atoms with E-state index in [-0.39, 0.29) is 22.8 Å². The molecule has 4 nitrogen and oxygen atoms in total. The molecule has 0 amide bonds. The lowest BCUT2D eigenvalue weighted by Gasteiger charge is -2.38. The summed E-state index contributed by atoms with van der Waals surface area (Å²) in [5.41, 5.74) is 5.99. The van der Waals surface area contributed by atoms with Gasteiger partial charge >= 0.3 is 0 Å². The van der Waals surface area contributed by atoms with Gasteiger partial charge in [-0.25, -0.2) is 8.42 Å². The fourth-order valence-electron chi connectivity index (χ4n) is 6.66. The van der Waals surface area contributed by atoms with Crippen molar-refractivity contribution in [2.75, 3.05) is 10.0 Å². The highest BCUT2D eigenvalue weighted by Gasteiger charge is 2.39. The van der Waals surface area contributed by atoms with Crippen LogP contribution in [0, 0.1) is 19.8 Å². The minimum absolute atomic E-state index is 0.101. The molecule has 1 heterocycles. The summed E-state index contributed by atoms with van der Waals surface area (Å²) in [6, 6.07) is 30.9. The van der Waals surface area contributed by atoms with Crippen LogP contribution in [0.15, 0.2) is 108 Å². The van der Waals surface area contributed by atoms with Gasteiger partial charge in [0.25, 0.3) is 10.0 Å². The molecule has 0 bridgehead atoms. The van der Waals surface area contributed by atoms with Crippen molar-refractivity contribution >= 4 is 42.9 Å². The molecule has 2 aliphatic rings. The molecule has 194 valence electrons. The van der Waals surface area contributed by atoms with Crippen molar-refractivity contribution in [1.29, 1.82) is 0 Å². The zero-order valence-electron chi connectivity index (χ0n) is 22.0. The molecular weight excluding hydrogens is 500 g/mol.